The molecule has 0 aromatic carbocycles. The molecule has 3 atom stereocenters. The van der Waals surface area contributed by atoms with Crippen LogP contribution in [0.4, 0.5) is 0 Å². The first-order valence-corrected chi connectivity index (χ1v) is 6.92. The summed E-state index contributed by atoms with van der Waals surface area (Å²) in [6.07, 6.45) is 9.99. The standard InChI is InChI=1S/C14H19NO3/c16-14(17)12-13(18-8-15-12)11-6-5-9-3-1-2-4-10(9)7-11/h8-11H,1-7H2,(H,16,17). The zero-order chi connectivity index (χ0) is 12.5. The van der Waals surface area contributed by atoms with Gasteiger partial charge in [0.2, 0.25) is 0 Å². The molecular weight excluding hydrogens is 230 g/mol. The van der Waals surface area contributed by atoms with Gasteiger partial charge in [0.15, 0.2) is 12.1 Å². The van der Waals surface area contributed by atoms with Gasteiger partial charge in [0.05, 0.1) is 0 Å². The van der Waals surface area contributed by atoms with Crippen molar-refractivity contribution < 1.29 is 14.3 Å². The molecule has 4 nitrogen and oxygen atoms in total. The fraction of sp³-hybridized carbons (Fsp3) is 0.714. The quantitative estimate of drug-likeness (QED) is 0.872. The molecular formula is C14H19NO3. The highest BCUT2D eigenvalue weighted by Gasteiger charge is 2.35. The van der Waals surface area contributed by atoms with Crippen molar-refractivity contribution >= 4 is 5.97 Å². The number of carboxylic acids is 1. The van der Waals surface area contributed by atoms with Crippen LogP contribution in [0.25, 0.3) is 0 Å². The maximum atomic E-state index is 11.1. The molecule has 0 bridgehead atoms. The normalized spacial score (nSPS) is 31.9. The van der Waals surface area contributed by atoms with Crippen LogP contribution in [0.15, 0.2) is 10.8 Å². The van der Waals surface area contributed by atoms with Crippen molar-refractivity contribution in [3.05, 3.63) is 17.8 Å². The summed E-state index contributed by atoms with van der Waals surface area (Å²) in [5.74, 6) is 1.53. The first-order valence-electron chi connectivity index (χ1n) is 6.92. The molecule has 1 heterocycles. The molecule has 98 valence electrons. The second-order valence-electron chi connectivity index (χ2n) is 5.68. The molecule has 2 saturated carbocycles. The SMILES string of the molecule is O=C(O)c1ncoc1C1CCC2CCCCC2C1. The third kappa shape index (κ3) is 2.04. The second-order valence-corrected chi connectivity index (χ2v) is 5.68. The van der Waals surface area contributed by atoms with Crippen molar-refractivity contribution in [3.8, 4) is 0 Å². The van der Waals surface area contributed by atoms with E-state index in [1.54, 1.807) is 0 Å². The van der Waals surface area contributed by atoms with E-state index < -0.39 is 5.97 Å². The minimum absolute atomic E-state index is 0.120. The number of aromatic carboxylic acids is 1. The Bertz CT molecular complexity index is 440. The number of carboxylic acid groups (broad SMARTS) is 1. The molecule has 1 N–H and O–H groups in total. The summed E-state index contributed by atoms with van der Waals surface area (Å²) in [5.41, 5.74) is 0.120. The van der Waals surface area contributed by atoms with Crippen molar-refractivity contribution in [3.63, 3.8) is 0 Å². The van der Waals surface area contributed by atoms with Gasteiger partial charge in [0, 0.05) is 5.92 Å². The summed E-state index contributed by atoms with van der Waals surface area (Å²) in [6, 6.07) is 0. The number of carbonyl (C=O) groups is 1. The number of oxazole rings is 1. The van der Waals surface area contributed by atoms with Crippen LogP contribution in [0.3, 0.4) is 0 Å². The van der Waals surface area contributed by atoms with Crippen molar-refractivity contribution in [1.29, 1.82) is 0 Å². The van der Waals surface area contributed by atoms with Crippen molar-refractivity contribution in [2.75, 3.05) is 0 Å². The van der Waals surface area contributed by atoms with Gasteiger partial charge < -0.3 is 9.52 Å². The minimum atomic E-state index is -0.968. The zero-order valence-electron chi connectivity index (χ0n) is 10.5. The van der Waals surface area contributed by atoms with E-state index in [0.29, 0.717) is 5.76 Å². The molecule has 2 aliphatic carbocycles. The third-order valence-corrected chi connectivity index (χ3v) is 4.71. The highest BCUT2D eigenvalue weighted by atomic mass is 16.4. The van der Waals surface area contributed by atoms with Gasteiger partial charge >= 0.3 is 5.97 Å². The predicted octanol–water partition coefficient (Wildman–Crippen LogP) is 3.45. The summed E-state index contributed by atoms with van der Waals surface area (Å²) in [4.78, 5) is 14.9. The van der Waals surface area contributed by atoms with E-state index in [1.807, 2.05) is 0 Å². The van der Waals surface area contributed by atoms with E-state index in [1.165, 1.54) is 38.5 Å². The average Bonchev–Trinajstić information content (AvgIpc) is 2.87. The van der Waals surface area contributed by atoms with E-state index >= 15 is 0 Å². The number of aromatic nitrogens is 1. The lowest BCUT2D eigenvalue weighted by atomic mass is 9.67. The molecule has 0 radical (unpaired) electrons. The molecule has 3 unspecified atom stereocenters. The van der Waals surface area contributed by atoms with Crippen LogP contribution in [0.2, 0.25) is 0 Å². The smallest absolute Gasteiger partial charge is 0.358 e. The van der Waals surface area contributed by atoms with Gasteiger partial charge in [-0.2, -0.15) is 0 Å². The Morgan fingerprint density at radius 3 is 2.78 bits per heavy atom. The van der Waals surface area contributed by atoms with E-state index in [4.69, 9.17) is 9.52 Å². The highest BCUT2D eigenvalue weighted by molar-refractivity contribution is 5.86. The fourth-order valence-corrected chi connectivity index (χ4v) is 3.82. The topological polar surface area (TPSA) is 63.3 Å². The zero-order valence-corrected chi connectivity index (χ0v) is 10.5. The van der Waals surface area contributed by atoms with Crippen LogP contribution >= 0.6 is 0 Å². The Hall–Kier alpha value is -1.32. The Morgan fingerprint density at radius 2 is 2.00 bits per heavy atom. The number of nitrogens with zero attached hydrogens (tertiary/aromatic N) is 1. The average molecular weight is 249 g/mol. The molecule has 1 aromatic heterocycles. The molecule has 18 heavy (non-hydrogen) atoms. The highest BCUT2D eigenvalue weighted by Crippen LogP contribution is 2.46. The molecule has 4 heteroatoms. The molecule has 0 saturated heterocycles. The van der Waals surface area contributed by atoms with Crippen LogP contribution in [0.5, 0.6) is 0 Å². The molecule has 0 aliphatic heterocycles. The maximum Gasteiger partial charge on any atom is 0.358 e. The summed E-state index contributed by atoms with van der Waals surface area (Å²) in [5, 5.41) is 9.10. The fourth-order valence-electron chi connectivity index (χ4n) is 3.82. The van der Waals surface area contributed by atoms with Gasteiger partial charge in [0.25, 0.3) is 0 Å². The van der Waals surface area contributed by atoms with Crippen molar-refractivity contribution in [2.45, 2.75) is 50.9 Å². The Kier molecular flexibility index (Phi) is 3.10. The summed E-state index contributed by atoms with van der Waals surface area (Å²) in [7, 11) is 0. The van der Waals surface area contributed by atoms with E-state index in [-0.39, 0.29) is 11.6 Å². The van der Waals surface area contributed by atoms with Crippen LogP contribution < -0.4 is 0 Å². The van der Waals surface area contributed by atoms with Crippen molar-refractivity contribution in [2.24, 2.45) is 11.8 Å². The first kappa shape index (κ1) is 11.8. The first-order chi connectivity index (χ1) is 8.75. The van der Waals surface area contributed by atoms with Crippen LogP contribution in [-0.4, -0.2) is 16.1 Å². The second kappa shape index (κ2) is 4.75. The van der Waals surface area contributed by atoms with Gasteiger partial charge in [-0.1, -0.05) is 25.7 Å². The Balaban J connectivity index is 1.77. The Labute approximate surface area is 106 Å². The number of fused-ring (bicyclic) bond motifs is 1. The number of hydrogen-bond acceptors (Lipinski definition) is 3. The van der Waals surface area contributed by atoms with Gasteiger partial charge in [-0.3, -0.25) is 0 Å². The van der Waals surface area contributed by atoms with E-state index in [9.17, 15) is 4.79 Å². The molecule has 2 fully saturated rings. The molecule has 3 rings (SSSR count). The predicted molar refractivity (Wildman–Crippen MR) is 65.5 cm³/mol. The number of hydrogen-bond donors (Lipinski definition) is 1. The third-order valence-electron chi connectivity index (χ3n) is 4.71. The summed E-state index contributed by atoms with van der Waals surface area (Å²) in [6.45, 7) is 0. The van der Waals surface area contributed by atoms with Crippen LogP contribution in [-0.2, 0) is 0 Å². The molecule has 2 aliphatic rings. The van der Waals surface area contributed by atoms with Crippen LogP contribution in [0.1, 0.15) is 67.1 Å². The van der Waals surface area contributed by atoms with Gasteiger partial charge in [-0.15, -0.1) is 0 Å². The van der Waals surface area contributed by atoms with Crippen molar-refractivity contribution in [1.82, 2.24) is 4.98 Å². The maximum absolute atomic E-state index is 11.1. The summed E-state index contributed by atoms with van der Waals surface area (Å²) >= 11 is 0. The largest absolute Gasteiger partial charge is 0.476 e. The van der Waals surface area contributed by atoms with Crippen LogP contribution in [0, 0.1) is 11.8 Å². The minimum Gasteiger partial charge on any atom is -0.476 e. The lowest BCUT2D eigenvalue weighted by molar-refractivity contribution is 0.0685. The van der Waals surface area contributed by atoms with Gasteiger partial charge in [-0.25, -0.2) is 9.78 Å². The number of rotatable bonds is 2. The van der Waals surface area contributed by atoms with E-state index in [0.717, 1.165) is 24.7 Å². The van der Waals surface area contributed by atoms with Gasteiger partial charge in [0.1, 0.15) is 5.76 Å². The Morgan fingerprint density at radius 1 is 1.22 bits per heavy atom. The molecule has 1 aromatic rings. The molecule has 0 amide bonds. The van der Waals surface area contributed by atoms with Gasteiger partial charge in [-0.05, 0) is 31.1 Å². The lowest BCUT2D eigenvalue weighted by Gasteiger charge is -2.38. The molecule has 0 spiro atoms. The monoisotopic (exact) mass is 249 g/mol. The lowest BCUT2D eigenvalue weighted by Crippen LogP contribution is -2.27. The van der Waals surface area contributed by atoms with E-state index in [2.05, 4.69) is 4.98 Å². The summed E-state index contributed by atoms with van der Waals surface area (Å²) < 4.78 is 5.35.